The van der Waals surface area contributed by atoms with Gasteiger partial charge in [-0.2, -0.15) is 5.10 Å². The molecule has 1 aliphatic heterocycles. The molecule has 0 saturated carbocycles. The predicted octanol–water partition coefficient (Wildman–Crippen LogP) is 1.20. The fraction of sp³-hybridized carbons (Fsp3) is 0.400. The molecule has 4 heteroatoms. The average Bonchev–Trinajstić information content (AvgIpc) is 2.71. The van der Waals surface area contributed by atoms with Crippen LogP contribution in [0, 0.1) is 0 Å². The number of aromatic nitrogens is 2. The summed E-state index contributed by atoms with van der Waals surface area (Å²) >= 11 is 0. The van der Waals surface area contributed by atoms with Gasteiger partial charge in [-0.3, -0.25) is 9.89 Å². The van der Waals surface area contributed by atoms with Crippen molar-refractivity contribution in [3.8, 4) is 0 Å². The minimum absolute atomic E-state index is 0.0579. The number of aromatic amines is 1. The first kappa shape index (κ1) is 8.99. The van der Waals surface area contributed by atoms with Crippen molar-refractivity contribution in [3.05, 3.63) is 29.6 Å². The molecular weight excluding hydrogens is 178 g/mol. The Morgan fingerprint density at radius 2 is 2.50 bits per heavy atom. The van der Waals surface area contributed by atoms with E-state index in [2.05, 4.69) is 23.2 Å². The molecule has 74 valence electrons. The highest BCUT2D eigenvalue weighted by Gasteiger charge is 2.17. The number of rotatable bonds is 1. The van der Waals surface area contributed by atoms with E-state index in [9.17, 15) is 4.79 Å². The van der Waals surface area contributed by atoms with Crippen molar-refractivity contribution in [3.63, 3.8) is 0 Å². The van der Waals surface area contributed by atoms with Crippen molar-refractivity contribution in [1.82, 2.24) is 15.1 Å². The Balaban J connectivity index is 2.07. The highest BCUT2D eigenvalue weighted by atomic mass is 16.2. The van der Waals surface area contributed by atoms with Gasteiger partial charge >= 0.3 is 0 Å². The van der Waals surface area contributed by atoms with Crippen LogP contribution in [-0.4, -0.2) is 34.1 Å². The normalized spacial score (nSPS) is 16.6. The fourth-order valence-corrected chi connectivity index (χ4v) is 1.51. The van der Waals surface area contributed by atoms with E-state index in [0.29, 0.717) is 5.56 Å². The van der Waals surface area contributed by atoms with Gasteiger partial charge < -0.3 is 4.90 Å². The maximum atomic E-state index is 11.8. The number of carbonyl (C=O) groups is 1. The number of carbonyl (C=O) groups excluding carboxylic acids is 1. The van der Waals surface area contributed by atoms with Crippen LogP contribution >= 0.6 is 0 Å². The number of amides is 1. The Bertz CT molecular complexity index is 353. The molecule has 2 heterocycles. The molecule has 1 aromatic rings. The summed E-state index contributed by atoms with van der Waals surface area (Å²) in [5.74, 6) is 0.0579. The van der Waals surface area contributed by atoms with E-state index in [-0.39, 0.29) is 5.91 Å². The first-order chi connectivity index (χ1) is 6.77. The van der Waals surface area contributed by atoms with E-state index in [1.54, 1.807) is 12.4 Å². The Kier molecular flexibility index (Phi) is 2.35. The summed E-state index contributed by atoms with van der Waals surface area (Å²) < 4.78 is 0. The maximum Gasteiger partial charge on any atom is 0.257 e. The molecule has 0 aromatic carbocycles. The van der Waals surface area contributed by atoms with Gasteiger partial charge in [0.2, 0.25) is 0 Å². The number of nitrogens with one attached hydrogen (secondary N) is 1. The summed E-state index contributed by atoms with van der Waals surface area (Å²) in [5, 5.41) is 6.41. The zero-order chi connectivity index (χ0) is 9.97. The highest BCUT2D eigenvalue weighted by molar-refractivity contribution is 5.93. The first-order valence-electron chi connectivity index (χ1n) is 4.71. The molecule has 1 aliphatic rings. The van der Waals surface area contributed by atoms with E-state index in [1.807, 2.05) is 4.90 Å². The Morgan fingerprint density at radius 1 is 1.64 bits per heavy atom. The van der Waals surface area contributed by atoms with Crippen molar-refractivity contribution in [2.75, 3.05) is 13.1 Å². The lowest BCUT2D eigenvalue weighted by molar-refractivity contribution is 0.0769. The summed E-state index contributed by atoms with van der Waals surface area (Å²) in [6.45, 7) is 3.63. The number of nitrogens with zero attached hydrogens (tertiary/aromatic N) is 2. The van der Waals surface area contributed by atoms with Crippen LogP contribution in [0.5, 0.6) is 0 Å². The van der Waals surface area contributed by atoms with E-state index in [0.717, 1.165) is 19.5 Å². The molecule has 1 N–H and O–H groups in total. The molecule has 0 atom stereocenters. The minimum Gasteiger partial charge on any atom is -0.335 e. The zero-order valence-corrected chi connectivity index (χ0v) is 8.16. The molecule has 1 amide bonds. The molecule has 0 spiro atoms. The molecule has 0 saturated heterocycles. The summed E-state index contributed by atoms with van der Waals surface area (Å²) in [7, 11) is 0. The molecule has 1 aromatic heterocycles. The summed E-state index contributed by atoms with van der Waals surface area (Å²) in [6, 6.07) is 0. The quantitative estimate of drug-likeness (QED) is 0.678. The van der Waals surface area contributed by atoms with Crippen LogP contribution in [0.4, 0.5) is 0 Å². The molecule has 0 fully saturated rings. The van der Waals surface area contributed by atoms with Gasteiger partial charge in [0.1, 0.15) is 0 Å². The predicted molar refractivity (Wildman–Crippen MR) is 52.9 cm³/mol. The van der Waals surface area contributed by atoms with Crippen LogP contribution in [0.1, 0.15) is 23.7 Å². The first-order valence-corrected chi connectivity index (χ1v) is 4.71. The maximum absolute atomic E-state index is 11.8. The van der Waals surface area contributed by atoms with Crippen molar-refractivity contribution in [2.45, 2.75) is 13.3 Å². The second-order valence-corrected chi connectivity index (χ2v) is 3.54. The van der Waals surface area contributed by atoms with Crippen molar-refractivity contribution >= 4 is 5.91 Å². The van der Waals surface area contributed by atoms with Gasteiger partial charge in [0.05, 0.1) is 11.8 Å². The smallest absolute Gasteiger partial charge is 0.257 e. The van der Waals surface area contributed by atoms with Crippen LogP contribution in [0.2, 0.25) is 0 Å². The average molecular weight is 191 g/mol. The standard InChI is InChI=1S/C10H13N3O/c1-8-2-4-13(5-3-8)10(14)9-6-11-12-7-9/h2,6-7H,3-5H2,1H3,(H,11,12). The zero-order valence-electron chi connectivity index (χ0n) is 8.16. The lowest BCUT2D eigenvalue weighted by atomic mass is 10.1. The third-order valence-electron chi connectivity index (χ3n) is 2.47. The second kappa shape index (κ2) is 3.65. The summed E-state index contributed by atoms with van der Waals surface area (Å²) in [4.78, 5) is 13.6. The Labute approximate surface area is 82.6 Å². The van der Waals surface area contributed by atoms with E-state index in [1.165, 1.54) is 5.57 Å². The third kappa shape index (κ3) is 1.69. The summed E-state index contributed by atoms with van der Waals surface area (Å²) in [5.41, 5.74) is 2.00. The van der Waals surface area contributed by atoms with Gasteiger partial charge in [0.15, 0.2) is 0 Å². The van der Waals surface area contributed by atoms with Crippen molar-refractivity contribution in [2.24, 2.45) is 0 Å². The van der Waals surface area contributed by atoms with Gasteiger partial charge in [-0.25, -0.2) is 0 Å². The number of hydrogen-bond donors (Lipinski definition) is 1. The van der Waals surface area contributed by atoms with Crippen LogP contribution in [-0.2, 0) is 0 Å². The van der Waals surface area contributed by atoms with E-state index < -0.39 is 0 Å². The summed E-state index contributed by atoms with van der Waals surface area (Å²) in [6.07, 6.45) is 6.27. The largest absolute Gasteiger partial charge is 0.335 e. The van der Waals surface area contributed by atoms with Gasteiger partial charge in [0, 0.05) is 19.3 Å². The molecule has 2 rings (SSSR count). The van der Waals surface area contributed by atoms with Crippen molar-refractivity contribution < 1.29 is 4.79 Å². The van der Waals surface area contributed by atoms with Gasteiger partial charge in [-0.15, -0.1) is 0 Å². The highest BCUT2D eigenvalue weighted by Crippen LogP contribution is 2.12. The van der Waals surface area contributed by atoms with Gasteiger partial charge in [-0.05, 0) is 13.3 Å². The van der Waals surface area contributed by atoms with Crippen molar-refractivity contribution in [1.29, 1.82) is 0 Å². The number of hydrogen-bond acceptors (Lipinski definition) is 2. The Hall–Kier alpha value is -1.58. The molecule has 0 radical (unpaired) electrons. The SMILES string of the molecule is CC1=CCN(C(=O)c2cn[nH]c2)CC1. The molecule has 0 bridgehead atoms. The molecular formula is C10H13N3O. The molecule has 0 unspecified atom stereocenters. The van der Waals surface area contributed by atoms with E-state index >= 15 is 0 Å². The lowest BCUT2D eigenvalue weighted by Gasteiger charge is -2.24. The molecule has 14 heavy (non-hydrogen) atoms. The van der Waals surface area contributed by atoms with Gasteiger partial charge in [0.25, 0.3) is 5.91 Å². The number of H-pyrrole nitrogens is 1. The van der Waals surface area contributed by atoms with Gasteiger partial charge in [-0.1, -0.05) is 11.6 Å². The van der Waals surface area contributed by atoms with Crippen LogP contribution in [0.15, 0.2) is 24.0 Å². The van der Waals surface area contributed by atoms with Crippen LogP contribution in [0.3, 0.4) is 0 Å². The van der Waals surface area contributed by atoms with Crippen LogP contribution in [0.25, 0.3) is 0 Å². The Morgan fingerprint density at radius 3 is 3.07 bits per heavy atom. The van der Waals surface area contributed by atoms with Crippen LogP contribution < -0.4 is 0 Å². The lowest BCUT2D eigenvalue weighted by Crippen LogP contribution is -2.34. The minimum atomic E-state index is 0.0579. The third-order valence-corrected chi connectivity index (χ3v) is 2.47. The fourth-order valence-electron chi connectivity index (χ4n) is 1.51. The topological polar surface area (TPSA) is 49.0 Å². The molecule has 4 nitrogen and oxygen atoms in total. The second-order valence-electron chi connectivity index (χ2n) is 3.54. The molecule has 0 aliphatic carbocycles. The van der Waals surface area contributed by atoms with E-state index in [4.69, 9.17) is 0 Å². The monoisotopic (exact) mass is 191 g/mol.